The number of phenols is 2. The van der Waals surface area contributed by atoms with Crippen LogP contribution in [-0.4, -0.2) is 36.2 Å². The van der Waals surface area contributed by atoms with Crippen LogP contribution in [0.1, 0.15) is 10.4 Å². The van der Waals surface area contributed by atoms with E-state index in [1.165, 1.54) is 12.3 Å². The molecule has 0 aliphatic carbocycles. The number of hydrogen-bond acceptors (Lipinski definition) is 4. The number of carboxylic acid groups (broad SMARTS) is 1. The second-order valence-corrected chi connectivity index (χ2v) is 6.36. The molecule has 132 valence electrons. The molecule has 0 aliphatic heterocycles. The molecule has 3 heterocycles. The fourth-order valence-electron chi connectivity index (χ4n) is 3.57. The number of carbonyl (C=O) groups is 1. The Morgan fingerprint density at radius 2 is 1.74 bits per heavy atom. The molecule has 0 saturated heterocycles. The van der Waals surface area contributed by atoms with E-state index in [1.807, 2.05) is 0 Å². The van der Waals surface area contributed by atoms with E-state index in [9.17, 15) is 20.1 Å². The van der Waals surface area contributed by atoms with E-state index < -0.39 is 5.97 Å². The number of carboxylic acids is 1. The number of aromatic nitrogens is 3. The van der Waals surface area contributed by atoms with Crippen molar-refractivity contribution in [1.29, 1.82) is 0 Å². The Kier molecular flexibility index (Phi) is 2.97. The van der Waals surface area contributed by atoms with E-state index in [4.69, 9.17) is 0 Å². The maximum atomic E-state index is 11.7. The van der Waals surface area contributed by atoms with Crippen LogP contribution in [0, 0.1) is 0 Å². The van der Waals surface area contributed by atoms with Crippen molar-refractivity contribution in [3.63, 3.8) is 0 Å². The monoisotopic (exact) mass is 359 g/mol. The van der Waals surface area contributed by atoms with Gasteiger partial charge in [-0.1, -0.05) is 0 Å². The number of nitrogens with one attached hydrogen (secondary N) is 2. The Morgan fingerprint density at radius 3 is 2.56 bits per heavy atom. The van der Waals surface area contributed by atoms with E-state index in [0.717, 1.165) is 16.5 Å². The molecule has 5 aromatic rings. The fourth-order valence-corrected chi connectivity index (χ4v) is 3.57. The molecule has 0 radical (unpaired) electrons. The van der Waals surface area contributed by atoms with Crippen LogP contribution in [0.3, 0.4) is 0 Å². The summed E-state index contributed by atoms with van der Waals surface area (Å²) in [5.74, 6) is -0.885. The molecule has 5 N–H and O–H groups in total. The summed E-state index contributed by atoms with van der Waals surface area (Å²) in [5.41, 5.74) is 3.45. The number of aromatic hydroxyl groups is 2. The third kappa shape index (κ3) is 2.15. The Balaban J connectivity index is 1.92. The van der Waals surface area contributed by atoms with Gasteiger partial charge in [0.05, 0.1) is 16.8 Å². The van der Waals surface area contributed by atoms with Gasteiger partial charge in [-0.15, -0.1) is 0 Å². The van der Waals surface area contributed by atoms with Crippen LogP contribution in [-0.2, 0) is 0 Å². The van der Waals surface area contributed by atoms with Gasteiger partial charge in [-0.2, -0.15) is 0 Å². The fraction of sp³-hybridized carbons (Fsp3) is 0. The maximum absolute atomic E-state index is 11.7. The highest BCUT2D eigenvalue weighted by molar-refractivity contribution is 6.19. The molecule has 27 heavy (non-hydrogen) atoms. The lowest BCUT2D eigenvalue weighted by Crippen LogP contribution is -1.99. The zero-order valence-electron chi connectivity index (χ0n) is 13.8. The standard InChI is InChI=1S/C20H13N3O4/c24-9-2-4-15-12(5-9)17-14(20(26)27)8-22-18(19(17)23-15)13-7-21-16-6-10(25)1-3-11(13)16/h1-8,21,23-25H,(H,26,27). The normalized spacial score (nSPS) is 11.6. The van der Waals surface area contributed by atoms with Crippen LogP contribution in [0.25, 0.3) is 44.0 Å². The number of aromatic carboxylic acids is 1. The minimum atomic E-state index is -1.09. The minimum Gasteiger partial charge on any atom is -0.508 e. The van der Waals surface area contributed by atoms with Crippen LogP contribution in [0.15, 0.2) is 48.8 Å². The lowest BCUT2D eigenvalue weighted by atomic mass is 10.0. The van der Waals surface area contributed by atoms with Gasteiger partial charge in [0, 0.05) is 51.2 Å². The topological polar surface area (TPSA) is 122 Å². The van der Waals surface area contributed by atoms with Crippen molar-refractivity contribution in [2.45, 2.75) is 0 Å². The lowest BCUT2D eigenvalue weighted by Gasteiger charge is -2.05. The van der Waals surface area contributed by atoms with E-state index in [-0.39, 0.29) is 17.1 Å². The number of hydrogen-bond donors (Lipinski definition) is 5. The van der Waals surface area contributed by atoms with Crippen molar-refractivity contribution >= 4 is 38.7 Å². The summed E-state index contributed by atoms with van der Waals surface area (Å²) in [4.78, 5) is 22.5. The number of aromatic amines is 2. The van der Waals surface area contributed by atoms with Gasteiger partial charge in [0.15, 0.2) is 0 Å². The number of pyridine rings is 1. The molecule has 3 aromatic heterocycles. The quantitative estimate of drug-likeness (QED) is 0.326. The first-order valence-corrected chi connectivity index (χ1v) is 8.20. The third-order valence-corrected chi connectivity index (χ3v) is 4.76. The Labute approximate surface area is 151 Å². The van der Waals surface area contributed by atoms with Crippen LogP contribution in [0.5, 0.6) is 11.5 Å². The van der Waals surface area contributed by atoms with Gasteiger partial charge in [-0.25, -0.2) is 4.79 Å². The van der Waals surface area contributed by atoms with Crippen molar-refractivity contribution in [3.05, 3.63) is 54.4 Å². The number of rotatable bonds is 2. The summed E-state index contributed by atoms with van der Waals surface area (Å²) >= 11 is 0. The van der Waals surface area contributed by atoms with E-state index in [1.54, 1.807) is 36.5 Å². The highest BCUT2D eigenvalue weighted by atomic mass is 16.4. The van der Waals surface area contributed by atoms with Gasteiger partial charge in [0.2, 0.25) is 0 Å². The molecule has 0 saturated carbocycles. The first-order chi connectivity index (χ1) is 13.0. The molecule has 0 bridgehead atoms. The van der Waals surface area contributed by atoms with Crippen LogP contribution in [0.2, 0.25) is 0 Å². The van der Waals surface area contributed by atoms with Crippen molar-refractivity contribution in [2.75, 3.05) is 0 Å². The first-order valence-electron chi connectivity index (χ1n) is 8.20. The number of benzene rings is 2. The second kappa shape index (κ2) is 5.25. The van der Waals surface area contributed by atoms with Crippen molar-refractivity contribution in [2.24, 2.45) is 0 Å². The zero-order valence-corrected chi connectivity index (χ0v) is 13.8. The van der Waals surface area contributed by atoms with Crippen LogP contribution < -0.4 is 0 Å². The van der Waals surface area contributed by atoms with Crippen molar-refractivity contribution in [1.82, 2.24) is 15.0 Å². The van der Waals surface area contributed by atoms with Gasteiger partial charge >= 0.3 is 5.97 Å². The summed E-state index contributed by atoms with van der Waals surface area (Å²) in [6.45, 7) is 0. The van der Waals surface area contributed by atoms with Crippen LogP contribution >= 0.6 is 0 Å². The Morgan fingerprint density at radius 1 is 0.963 bits per heavy atom. The Hall–Kier alpha value is -4.00. The first kappa shape index (κ1) is 15.3. The van der Waals surface area contributed by atoms with Gasteiger partial charge in [-0.05, 0) is 30.3 Å². The molecule has 0 aliphatic rings. The highest BCUT2D eigenvalue weighted by Crippen LogP contribution is 2.38. The molecule has 0 atom stereocenters. The van der Waals surface area contributed by atoms with Gasteiger partial charge in [0.25, 0.3) is 0 Å². The Bertz CT molecular complexity index is 1380. The lowest BCUT2D eigenvalue weighted by molar-refractivity contribution is 0.0698. The van der Waals surface area contributed by atoms with Gasteiger partial charge < -0.3 is 25.3 Å². The molecule has 7 nitrogen and oxygen atoms in total. The molecule has 0 spiro atoms. The van der Waals surface area contributed by atoms with Crippen molar-refractivity contribution in [3.8, 4) is 22.8 Å². The summed E-state index contributed by atoms with van der Waals surface area (Å²) in [5, 5.41) is 31.1. The smallest absolute Gasteiger partial charge is 0.337 e. The maximum Gasteiger partial charge on any atom is 0.337 e. The molecule has 2 aromatic carbocycles. The van der Waals surface area contributed by atoms with Crippen molar-refractivity contribution < 1.29 is 20.1 Å². The highest BCUT2D eigenvalue weighted by Gasteiger charge is 2.20. The number of phenolic OH excluding ortho intramolecular Hbond substituents is 2. The predicted octanol–water partition coefficient (Wildman–Crippen LogP) is 3.97. The second-order valence-electron chi connectivity index (χ2n) is 6.36. The minimum absolute atomic E-state index is 0.0562. The average Bonchev–Trinajstić information content (AvgIpc) is 3.21. The average molecular weight is 359 g/mol. The molecule has 0 amide bonds. The molecular weight excluding hydrogens is 346 g/mol. The number of nitrogens with zero attached hydrogens (tertiary/aromatic N) is 1. The number of H-pyrrole nitrogens is 2. The summed E-state index contributed by atoms with van der Waals surface area (Å²) in [6, 6.07) is 9.77. The summed E-state index contributed by atoms with van der Waals surface area (Å²) in [6.07, 6.45) is 3.10. The number of fused-ring (bicyclic) bond motifs is 4. The largest absolute Gasteiger partial charge is 0.508 e. The van der Waals surface area contributed by atoms with Gasteiger partial charge in [0.1, 0.15) is 11.5 Å². The van der Waals surface area contributed by atoms with Gasteiger partial charge in [-0.3, -0.25) is 4.98 Å². The summed E-state index contributed by atoms with van der Waals surface area (Å²) < 4.78 is 0. The molecule has 0 unspecified atom stereocenters. The molecule has 7 heteroatoms. The third-order valence-electron chi connectivity index (χ3n) is 4.76. The molecule has 0 fully saturated rings. The van der Waals surface area contributed by atoms with E-state index in [2.05, 4.69) is 15.0 Å². The van der Waals surface area contributed by atoms with E-state index in [0.29, 0.717) is 27.5 Å². The SMILES string of the molecule is O=C(O)c1cnc(-c2c[nH]c3cc(O)ccc23)c2[nH]c3ccc(O)cc3c12. The molecular formula is C20H13N3O4. The zero-order chi connectivity index (χ0) is 18.7. The molecule has 5 rings (SSSR count). The summed E-state index contributed by atoms with van der Waals surface area (Å²) in [7, 11) is 0. The predicted molar refractivity (Wildman–Crippen MR) is 101 cm³/mol. The van der Waals surface area contributed by atoms with Crippen LogP contribution in [0.4, 0.5) is 0 Å². The van der Waals surface area contributed by atoms with E-state index >= 15 is 0 Å².